The van der Waals surface area contributed by atoms with E-state index in [-0.39, 0.29) is 17.9 Å². The number of ether oxygens (including phenoxy) is 3. The van der Waals surface area contributed by atoms with Crippen LogP contribution in [-0.2, 0) is 34.1 Å². The topological polar surface area (TPSA) is 128 Å². The largest absolute Gasteiger partial charge is 0.497 e. The number of para-hydroxylation sites is 1. The van der Waals surface area contributed by atoms with E-state index in [0.29, 0.717) is 11.4 Å². The molecule has 10 heteroatoms. The molecule has 0 saturated heterocycles. The predicted octanol–water partition coefficient (Wildman–Crippen LogP) is 3.81. The summed E-state index contributed by atoms with van der Waals surface area (Å²) in [6.45, 7) is 7.74. The molecule has 2 aromatic carbocycles. The highest BCUT2D eigenvalue weighted by Gasteiger charge is 2.78. The van der Waals surface area contributed by atoms with Gasteiger partial charge in [-0.15, -0.1) is 0 Å². The Kier molecular flexibility index (Phi) is 7.01. The number of fused-ring (bicyclic) bond motifs is 2. The third-order valence-electron chi connectivity index (χ3n) is 7.13. The van der Waals surface area contributed by atoms with Crippen molar-refractivity contribution in [2.45, 2.75) is 57.6 Å². The number of nitrogens with zero attached hydrogens (tertiary/aromatic N) is 1. The van der Waals surface area contributed by atoms with Crippen molar-refractivity contribution in [3.63, 3.8) is 0 Å². The van der Waals surface area contributed by atoms with Gasteiger partial charge in [0, 0.05) is 12.1 Å². The number of hydrogen-bond donors (Lipinski definition) is 1. The summed E-state index contributed by atoms with van der Waals surface area (Å²) >= 11 is 0. The Bertz CT molecular complexity index is 1350. The van der Waals surface area contributed by atoms with Gasteiger partial charge in [-0.05, 0) is 70.5 Å². The van der Waals surface area contributed by atoms with Crippen LogP contribution < -0.4 is 15.0 Å². The van der Waals surface area contributed by atoms with Crippen molar-refractivity contribution in [1.82, 2.24) is 0 Å². The molecule has 1 aliphatic carbocycles. The number of anilines is 2. The van der Waals surface area contributed by atoms with Crippen molar-refractivity contribution in [2.75, 3.05) is 23.9 Å². The van der Waals surface area contributed by atoms with Gasteiger partial charge in [-0.2, -0.15) is 0 Å². The Morgan fingerprint density at radius 2 is 1.69 bits per heavy atom. The molecular weight excluding hydrogens is 504 g/mol. The molecule has 2 amide bonds. The second kappa shape index (κ2) is 9.83. The van der Waals surface area contributed by atoms with Crippen molar-refractivity contribution in [3.05, 3.63) is 54.1 Å². The first-order chi connectivity index (χ1) is 18.3. The van der Waals surface area contributed by atoms with Crippen LogP contribution in [0.3, 0.4) is 0 Å². The molecule has 0 aromatic heterocycles. The molecule has 2 aromatic rings. The molecule has 10 nitrogen and oxygen atoms in total. The predicted molar refractivity (Wildman–Crippen MR) is 142 cm³/mol. The maximum absolute atomic E-state index is 14.6. The van der Waals surface area contributed by atoms with Gasteiger partial charge in [-0.1, -0.05) is 18.2 Å². The number of rotatable bonds is 6. The summed E-state index contributed by atoms with van der Waals surface area (Å²) in [7, 11) is 1.50. The van der Waals surface area contributed by atoms with Gasteiger partial charge in [-0.3, -0.25) is 19.2 Å². The molecule has 206 valence electrons. The van der Waals surface area contributed by atoms with Gasteiger partial charge in [-0.25, -0.2) is 9.69 Å². The van der Waals surface area contributed by atoms with Gasteiger partial charge >= 0.3 is 12.1 Å². The molecule has 1 heterocycles. The summed E-state index contributed by atoms with van der Waals surface area (Å²) in [6, 6.07) is 12.8. The van der Waals surface area contributed by atoms with Gasteiger partial charge in [0.15, 0.2) is 17.1 Å². The zero-order chi connectivity index (χ0) is 28.8. The first-order valence-electron chi connectivity index (χ1n) is 12.6. The first-order valence-corrected chi connectivity index (χ1v) is 12.6. The lowest BCUT2D eigenvalue weighted by molar-refractivity contribution is -0.153. The minimum absolute atomic E-state index is 0.00972. The molecule has 1 aliphatic heterocycles. The number of carbonyl (C=O) groups excluding carboxylic acids is 5. The minimum Gasteiger partial charge on any atom is -0.497 e. The average molecular weight is 537 g/mol. The fraction of sp³-hybridized carbons (Fsp3) is 0.414. The number of nitrogens with one attached hydrogen (secondary N) is 1. The number of amides is 2. The van der Waals surface area contributed by atoms with Crippen LogP contribution in [-0.4, -0.2) is 54.4 Å². The quantitative estimate of drug-likeness (QED) is 0.433. The van der Waals surface area contributed by atoms with Gasteiger partial charge in [0.1, 0.15) is 16.8 Å². The number of Topliss-reactive ketones (excluding diaryl/α,β-unsaturated/α-hetero) is 2. The van der Waals surface area contributed by atoms with Crippen LogP contribution in [0.25, 0.3) is 0 Å². The van der Waals surface area contributed by atoms with Crippen molar-refractivity contribution >= 4 is 40.9 Å². The molecule has 0 bridgehead atoms. The van der Waals surface area contributed by atoms with Crippen molar-refractivity contribution in [3.8, 4) is 5.75 Å². The van der Waals surface area contributed by atoms with Gasteiger partial charge in [0.25, 0.3) is 5.91 Å². The summed E-state index contributed by atoms with van der Waals surface area (Å²) in [5.74, 6) is -3.95. The van der Waals surface area contributed by atoms with E-state index in [1.165, 1.54) is 20.1 Å². The third kappa shape index (κ3) is 4.14. The van der Waals surface area contributed by atoms with Crippen LogP contribution in [0.2, 0.25) is 0 Å². The third-order valence-corrected chi connectivity index (χ3v) is 7.13. The van der Waals surface area contributed by atoms with Crippen LogP contribution in [0.15, 0.2) is 48.5 Å². The average Bonchev–Trinajstić information content (AvgIpc) is 3.29. The normalized spacial score (nSPS) is 23.9. The standard InChI is InChI=1S/C29H32N2O8/c1-7-38-24(34)21-16-23(33)29(17(2)32,30-18-12-14-19(37-6)15-13-18)28(21)20-10-8-9-11-22(20)31(25(28)35)26(36)39-27(3,4)5/h8-15,21,30H,7,16H2,1-6H3/t21-,28+,29+/m0/s1. The second-order valence-electron chi connectivity index (χ2n) is 10.5. The van der Waals surface area contributed by atoms with Crippen molar-refractivity contribution in [2.24, 2.45) is 5.92 Å². The summed E-state index contributed by atoms with van der Waals surface area (Å²) in [5.41, 5.74) is -4.67. The molecule has 0 unspecified atom stereocenters. The Hall–Kier alpha value is -4.21. The Morgan fingerprint density at radius 1 is 1.05 bits per heavy atom. The SMILES string of the molecule is CCOC(=O)[C@@H]1CC(=O)[C@](Nc2ccc(OC)cc2)(C(C)=O)[C@@]12C(=O)N(C(=O)OC(C)(C)C)c1ccccc12. The number of benzene rings is 2. The fourth-order valence-corrected chi connectivity index (χ4v) is 5.69. The maximum atomic E-state index is 14.6. The van der Waals surface area contributed by atoms with Gasteiger partial charge < -0.3 is 19.5 Å². The molecule has 2 aliphatic rings. The van der Waals surface area contributed by atoms with E-state index in [1.54, 1.807) is 70.2 Å². The fourth-order valence-electron chi connectivity index (χ4n) is 5.69. The highest BCUT2D eigenvalue weighted by molar-refractivity contribution is 6.32. The van der Waals surface area contributed by atoms with E-state index in [2.05, 4.69) is 5.32 Å². The van der Waals surface area contributed by atoms with Crippen LogP contribution in [0.1, 0.15) is 46.6 Å². The molecule has 3 atom stereocenters. The maximum Gasteiger partial charge on any atom is 0.421 e. The summed E-state index contributed by atoms with van der Waals surface area (Å²) < 4.78 is 16.1. The molecule has 4 rings (SSSR count). The number of methoxy groups -OCH3 is 1. The van der Waals surface area contributed by atoms with E-state index in [1.807, 2.05) is 0 Å². The van der Waals surface area contributed by atoms with E-state index < -0.39 is 58.4 Å². The molecule has 1 spiro atoms. The highest BCUT2D eigenvalue weighted by Crippen LogP contribution is 2.59. The van der Waals surface area contributed by atoms with Crippen LogP contribution in [0.5, 0.6) is 5.75 Å². The Balaban J connectivity index is 2.03. The van der Waals surface area contributed by atoms with Crippen LogP contribution in [0.4, 0.5) is 16.2 Å². The monoisotopic (exact) mass is 536 g/mol. The lowest BCUT2D eigenvalue weighted by Crippen LogP contribution is -2.68. The van der Waals surface area contributed by atoms with Crippen molar-refractivity contribution < 1.29 is 38.2 Å². The molecule has 1 N–H and O–H groups in total. The lowest BCUT2D eigenvalue weighted by Gasteiger charge is -2.42. The van der Waals surface area contributed by atoms with E-state index in [4.69, 9.17) is 14.2 Å². The summed E-state index contributed by atoms with van der Waals surface area (Å²) in [5, 5.41) is 3.03. The van der Waals surface area contributed by atoms with E-state index in [9.17, 15) is 24.0 Å². The number of carbonyl (C=O) groups is 5. The smallest absolute Gasteiger partial charge is 0.421 e. The highest BCUT2D eigenvalue weighted by atomic mass is 16.6. The minimum atomic E-state index is -2.23. The van der Waals surface area contributed by atoms with E-state index in [0.717, 1.165) is 4.90 Å². The number of imide groups is 1. The van der Waals surface area contributed by atoms with Crippen molar-refractivity contribution in [1.29, 1.82) is 0 Å². The molecule has 1 saturated carbocycles. The molecule has 0 radical (unpaired) electrons. The summed E-state index contributed by atoms with van der Waals surface area (Å²) in [6.07, 6.45) is -1.44. The van der Waals surface area contributed by atoms with Crippen LogP contribution >= 0.6 is 0 Å². The van der Waals surface area contributed by atoms with Crippen LogP contribution in [0, 0.1) is 5.92 Å². The van der Waals surface area contributed by atoms with Gasteiger partial charge in [0.05, 0.1) is 25.3 Å². The first kappa shape index (κ1) is 27.8. The van der Waals surface area contributed by atoms with E-state index >= 15 is 0 Å². The Morgan fingerprint density at radius 3 is 2.26 bits per heavy atom. The zero-order valence-electron chi connectivity index (χ0n) is 22.8. The van der Waals surface area contributed by atoms with Gasteiger partial charge in [0.2, 0.25) is 0 Å². The number of hydrogen-bond acceptors (Lipinski definition) is 9. The molecule has 1 fully saturated rings. The lowest BCUT2D eigenvalue weighted by atomic mass is 9.61. The zero-order valence-corrected chi connectivity index (χ0v) is 22.8. The number of esters is 1. The number of ketones is 2. The Labute approximate surface area is 226 Å². The second-order valence-corrected chi connectivity index (χ2v) is 10.5. The summed E-state index contributed by atoms with van der Waals surface area (Å²) in [4.78, 5) is 70.0. The molecular formula is C29H32N2O8. The molecule has 39 heavy (non-hydrogen) atoms.